The molecule has 1 atom stereocenters. The number of hydrogen-bond donors (Lipinski definition) is 1. The summed E-state index contributed by atoms with van der Waals surface area (Å²) in [6.07, 6.45) is 5.85. The Morgan fingerprint density at radius 3 is 2.90 bits per heavy atom. The number of nitrogens with one attached hydrogen (secondary N) is 1. The van der Waals surface area contributed by atoms with Gasteiger partial charge < -0.3 is 9.73 Å². The number of nitrogens with zero attached hydrogens (tertiary/aromatic N) is 1. The fourth-order valence-corrected chi connectivity index (χ4v) is 2.93. The lowest BCUT2D eigenvalue weighted by atomic mass is 10.0. The minimum absolute atomic E-state index is 0.147. The summed E-state index contributed by atoms with van der Waals surface area (Å²) >= 11 is 0. The molecule has 0 saturated carbocycles. The summed E-state index contributed by atoms with van der Waals surface area (Å²) < 4.78 is 5.71. The minimum atomic E-state index is 0.147. The van der Waals surface area contributed by atoms with Crippen LogP contribution in [0.3, 0.4) is 0 Å². The molecule has 2 rings (SSSR count). The van der Waals surface area contributed by atoms with E-state index in [1.807, 2.05) is 6.26 Å². The van der Waals surface area contributed by atoms with Gasteiger partial charge in [-0.2, -0.15) is 0 Å². The molecule has 1 fully saturated rings. The number of hydrogen-bond acceptors (Lipinski definition) is 3. The molecular weight excluding hydrogens is 248 g/mol. The van der Waals surface area contributed by atoms with Gasteiger partial charge in [0.25, 0.3) is 0 Å². The highest BCUT2D eigenvalue weighted by molar-refractivity contribution is 5.17. The maximum Gasteiger partial charge on any atom is 0.122 e. The third-order valence-corrected chi connectivity index (χ3v) is 4.08. The zero-order chi connectivity index (χ0) is 14.6. The summed E-state index contributed by atoms with van der Waals surface area (Å²) in [4.78, 5) is 2.54. The Bertz CT molecular complexity index is 405. The van der Waals surface area contributed by atoms with E-state index in [9.17, 15) is 0 Å². The largest absolute Gasteiger partial charge is 0.468 e. The average Bonchev–Trinajstić information content (AvgIpc) is 2.97. The molecule has 1 aromatic rings. The van der Waals surface area contributed by atoms with E-state index in [0.717, 1.165) is 24.8 Å². The molecular formula is C17H30N2O. The van der Waals surface area contributed by atoms with E-state index in [2.05, 4.69) is 44.0 Å². The number of likely N-dealkylation sites (tertiary alicyclic amines) is 1. The van der Waals surface area contributed by atoms with Crippen molar-refractivity contribution in [2.24, 2.45) is 5.92 Å². The fourth-order valence-electron chi connectivity index (χ4n) is 2.93. The molecule has 0 amide bonds. The van der Waals surface area contributed by atoms with Crippen LogP contribution in [0.15, 0.2) is 16.7 Å². The standard InChI is InChI=1S/C17H30N2O/c1-5-6-14-7-9-19(12-14)13-16-15(8-10-20-16)11-18-17(2,3)4/h8,10,14,18H,5-7,9,11-13H2,1-4H3. The van der Waals surface area contributed by atoms with E-state index in [0.29, 0.717) is 0 Å². The van der Waals surface area contributed by atoms with E-state index in [4.69, 9.17) is 4.42 Å². The van der Waals surface area contributed by atoms with E-state index in [-0.39, 0.29) is 5.54 Å². The summed E-state index contributed by atoms with van der Waals surface area (Å²) in [6.45, 7) is 13.2. The van der Waals surface area contributed by atoms with Crippen LogP contribution in [0, 0.1) is 5.92 Å². The lowest BCUT2D eigenvalue weighted by Gasteiger charge is -2.21. The Kier molecular flexibility index (Phi) is 5.28. The maximum atomic E-state index is 5.71. The fraction of sp³-hybridized carbons (Fsp3) is 0.765. The van der Waals surface area contributed by atoms with Crippen molar-refractivity contribution < 1.29 is 4.42 Å². The summed E-state index contributed by atoms with van der Waals surface area (Å²) in [5, 5.41) is 3.54. The van der Waals surface area contributed by atoms with Crippen molar-refractivity contribution >= 4 is 0 Å². The lowest BCUT2D eigenvalue weighted by Crippen LogP contribution is -2.35. The molecule has 0 aromatic carbocycles. The number of rotatable bonds is 6. The van der Waals surface area contributed by atoms with Crippen LogP contribution >= 0.6 is 0 Å². The van der Waals surface area contributed by atoms with Crippen LogP contribution in [-0.2, 0) is 13.1 Å². The van der Waals surface area contributed by atoms with Crippen molar-refractivity contribution in [1.29, 1.82) is 0 Å². The van der Waals surface area contributed by atoms with Gasteiger partial charge in [0.15, 0.2) is 0 Å². The zero-order valence-corrected chi connectivity index (χ0v) is 13.5. The average molecular weight is 278 g/mol. The van der Waals surface area contributed by atoms with Gasteiger partial charge in [-0.1, -0.05) is 13.3 Å². The molecule has 1 aromatic heterocycles. The van der Waals surface area contributed by atoms with E-state index in [1.54, 1.807) is 0 Å². The normalized spacial score (nSPS) is 20.7. The molecule has 0 radical (unpaired) electrons. The Balaban J connectivity index is 1.86. The second-order valence-electron chi connectivity index (χ2n) is 7.15. The van der Waals surface area contributed by atoms with Crippen molar-refractivity contribution in [1.82, 2.24) is 10.2 Å². The Hall–Kier alpha value is -0.800. The van der Waals surface area contributed by atoms with Crippen molar-refractivity contribution in [3.05, 3.63) is 23.7 Å². The third-order valence-electron chi connectivity index (χ3n) is 4.08. The molecule has 1 aliphatic rings. The van der Waals surface area contributed by atoms with Crippen LogP contribution in [0.1, 0.15) is 58.3 Å². The molecule has 1 unspecified atom stereocenters. The second kappa shape index (κ2) is 6.77. The lowest BCUT2D eigenvalue weighted by molar-refractivity contribution is 0.281. The first-order valence-electron chi connectivity index (χ1n) is 8.00. The van der Waals surface area contributed by atoms with Gasteiger partial charge in [0, 0.05) is 24.2 Å². The molecule has 0 bridgehead atoms. The monoisotopic (exact) mass is 278 g/mol. The van der Waals surface area contributed by atoms with Crippen molar-refractivity contribution in [3.8, 4) is 0 Å². The Morgan fingerprint density at radius 1 is 1.40 bits per heavy atom. The first kappa shape index (κ1) is 15.6. The van der Waals surface area contributed by atoms with Crippen LogP contribution in [-0.4, -0.2) is 23.5 Å². The van der Waals surface area contributed by atoms with E-state index in [1.165, 1.54) is 37.9 Å². The van der Waals surface area contributed by atoms with Crippen LogP contribution in [0.25, 0.3) is 0 Å². The van der Waals surface area contributed by atoms with Crippen molar-refractivity contribution in [2.45, 2.75) is 65.6 Å². The summed E-state index contributed by atoms with van der Waals surface area (Å²) in [5.41, 5.74) is 1.45. The van der Waals surface area contributed by atoms with Gasteiger partial charge in [-0.3, -0.25) is 4.90 Å². The first-order valence-corrected chi connectivity index (χ1v) is 8.00. The van der Waals surface area contributed by atoms with Crippen molar-refractivity contribution in [3.63, 3.8) is 0 Å². The molecule has 114 valence electrons. The predicted octanol–water partition coefficient (Wildman–Crippen LogP) is 3.79. The summed E-state index contributed by atoms with van der Waals surface area (Å²) in [7, 11) is 0. The van der Waals surface area contributed by atoms with Gasteiger partial charge in [-0.15, -0.1) is 0 Å². The van der Waals surface area contributed by atoms with Gasteiger partial charge in [0.1, 0.15) is 5.76 Å². The third kappa shape index (κ3) is 4.64. The van der Waals surface area contributed by atoms with Gasteiger partial charge in [0.05, 0.1) is 12.8 Å². The molecule has 2 heterocycles. The Labute approximate surface area is 123 Å². The molecule has 1 aliphatic heterocycles. The predicted molar refractivity (Wildman–Crippen MR) is 83.6 cm³/mol. The highest BCUT2D eigenvalue weighted by atomic mass is 16.3. The van der Waals surface area contributed by atoms with Crippen LogP contribution in [0.4, 0.5) is 0 Å². The van der Waals surface area contributed by atoms with Gasteiger partial charge in [0.2, 0.25) is 0 Å². The van der Waals surface area contributed by atoms with Crippen molar-refractivity contribution in [2.75, 3.05) is 13.1 Å². The minimum Gasteiger partial charge on any atom is -0.468 e. The van der Waals surface area contributed by atoms with Crippen LogP contribution in [0.5, 0.6) is 0 Å². The van der Waals surface area contributed by atoms with Gasteiger partial charge >= 0.3 is 0 Å². The topological polar surface area (TPSA) is 28.4 Å². The van der Waals surface area contributed by atoms with Gasteiger partial charge in [-0.05, 0) is 52.1 Å². The SMILES string of the molecule is CCCC1CCN(Cc2occc2CNC(C)(C)C)C1. The highest BCUT2D eigenvalue weighted by Crippen LogP contribution is 2.24. The molecule has 0 spiro atoms. The zero-order valence-electron chi connectivity index (χ0n) is 13.5. The van der Waals surface area contributed by atoms with Crippen LogP contribution < -0.4 is 5.32 Å². The number of furan rings is 1. The van der Waals surface area contributed by atoms with Crippen LogP contribution in [0.2, 0.25) is 0 Å². The molecule has 0 aliphatic carbocycles. The summed E-state index contributed by atoms with van der Waals surface area (Å²) in [5.74, 6) is 2.03. The molecule has 3 nitrogen and oxygen atoms in total. The maximum absolute atomic E-state index is 5.71. The molecule has 1 saturated heterocycles. The molecule has 20 heavy (non-hydrogen) atoms. The molecule has 3 heteroatoms. The molecule has 1 N–H and O–H groups in total. The Morgan fingerprint density at radius 2 is 2.20 bits per heavy atom. The quantitative estimate of drug-likeness (QED) is 0.858. The van der Waals surface area contributed by atoms with E-state index < -0.39 is 0 Å². The first-order chi connectivity index (χ1) is 9.48. The van der Waals surface area contributed by atoms with Gasteiger partial charge in [-0.25, -0.2) is 0 Å². The second-order valence-corrected chi connectivity index (χ2v) is 7.15. The van der Waals surface area contributed by atoms with E-state index >= 15 is 0 Å². The highest BCUT2D eigenvalue weighted by Gasteiger charge is 2.23. The smallest absolute Gasteiger partial charge is 0.122 e. The summed E-state index contributed by atoms with van der Waals surface area (Å²) in [6, 6.07) is 2.10.